The number of pyridine rings is 1. The van der Waals surface area contributed by atoms with E-state index in [1.165, 1.54) is 0 Å². The fourth-order valence-electron chi connectivity index (χ4n) is 5.25. The van der Waals surface area contributed by atoms with Crippen LogP contribution in [-0.4, -0.2) is 31.7 Å². The number of carbonyl (C=O) groups excluding carboxylic acids is 1. The molecule has 3 heterocycles. The minimum Gasteiger partial charge on any atom is -0.392 e. The maximum absolute atomic E-state index is 12.4. The summed E-state index contributed by atoms with van der Waals surface area (Å²) in [5.41, 5.74) is 6.30. The van der Waals surface area contributed by atoms with Gasteiger partial charge in [-0.3, -0.25) is 9.78 Å². The molecule has 0 aliphatic carbocycles. The van der Waals surface area contributed by atoms with Gasteiger partial charge in [-0.1, -0.05) is 67.6 Å². The van der Waals surface area contributed by atoms with Crippen LogP contribution in [-0.2, 0) is 29.2 Å². The molecule has 2 N–H and O–H groups in total. The molecule has 8 nitrogen and oxygen atoms in total. The van der Waals surface area contributed by atoms with Crippen LogP contribution in [0.25, 0.3) is 11.0 Å². The van der Waals surface area contributed by atoms with E-state index in [9.17, 15) is 9.90 Å². The summed E-state index contributed by atoms with van der Waals surface area (Å²) in [6.07, 6.45) is 4.13. The average Bonchev–Trinajstić information content (AvgIpc) is 3.44. The monoisotopic (exact) mass is 548 g/mol. The summed E-state index contributed by atoms with van der Waals surface area (Å²) in [4.78, 5) is 21.0. The summed E-state index contributed by atoms with van der Waals surface area (Å²) in [7, 11) is 0. The summed E-state index contributed by atoms with van der Waals surface area (Å²) < 4.78 is 15.3. The summed E-state index contributed by atoms with van der Waals surface area (Å²) in [5.74, 6) is -0.116. The normalized spacial score (nSPS) is 20.6. The maximum Gasteiger partial charge on any atom is 0.253 e. The first-order chi connectivity index (χ1) is 20.1. The summed E-state index contributed by atoms with van der Waals surface area (Å²) in [6.45, 7) is 3.18. The molecule has 8 heteroatoms. The van der Waals surface area contributed by atoms with E-state index in [2.05, 4.69) is 32.8 Å². The molecule has 1 amide bonds. The number of amides is 1. The maximum atomic E-state index is 12.4. The van der Waals surface area contributed by atoms with Crippen LogP contribution >= 0.6 is 0 Å². The third kappa shape index (κ3) is 5.90. The second-order valence-corrected chi connectivity index (χ2v) is 10.4. The van der Waals surface area contributed by atoms with Gasteiger partial charge in [0.05, 0.1) is 48.3 Å². The van der Waals surface area contributed by atoms with E-state index in [0.29, 0.717) is 18.7 Å². The van der Waals surface area contributed by atoms with Crippen molar-refractivity contribution in [3.8, 4) is 0 Å². The number of hydrogen-bond acceptors (Lipinski definition) is 6. The van der Waals surface area contributed by atoms with Crippen LogP contribution in [0.2, 0.25) is 0 Å². The van der Waals surface area contributed by atoms with Crippen molar-refractivity contribution in [2.75, 3.05) is 0 Å². The van der Waals surface area contributed by atoms with E-state index in [1.54, 1.807) is 24.5 Å². The van der Waals surface area contributed by atoms with Gasteiger partial charge < -0.3 is 24.5 Å². The van der Waals surface area contributed by atoms with Gasteiger partial charge in [0, 0.05) is 30.4 Å². The molecule has 2 aromatic heterocycles. The van der Waals surface area contributed by atoms with Gasteiger partial charge in [0.15, 0.2) is 6.29 Å². The van der Waals surface area contributed by atoms with E-state index in [4.69, 9.17) is 9.47 Å². The lowest BCUT2D eigenvalue weighted by Crippen LogP contribution is -2.39. The second kappa shape index (κ2) is 12.0. The van der Waals surface area contributed by atoms with E-state index in [-0.39, 0.29) is 30.6 Å². The Bertz CT molecular complexity index is 1600. The van der Waals surface area contributed by atoms with Gasteiger partial charge >= 0.3 is 0 Å². The van der Waals surface area contributed by atoms with Gasteiger partial charge in [-0.05, 0) is 41.0 Å². The quantitative estimate of drug-likeness (QED) is 0.272. The molecular formula is C33H32N4O4. The van der Waals surface area contributed by atoms with Crippen molar-refractivity contribution in [1.29, 1.82) is 0 Å². The molecule has 41 heavy (non-hydrogen) atoms. The van der Waals surface area contributed by atoms with Crippen LogP contribution in [0.5, 0.6) is 0 Å². The molecule has 6 rings (SSSR count). The SMILES string of the molecule is C[C@H]1[C@@H](Cn2cnc3ccccc32)O[C@@H](c2ccc(CNC(=O)c3cccnc3)cc2)O[C@H]1c1ccc(CO)cc1. The zero-order valence-corrected chi connectivity index (χ0v) is 22.8. The molecule has 4 atom stereocenters. The van der Waals surface area contributed by atoms with E-state index in [1.807, 2.05) is 73.1 Å². The number of nitrogens with one attached hydrogen (secondary N) is 1. The van der Waals surface area contributed by atoms with Crippen LogP contribution in [0.4, 0.5) is 0 Å². The van der Waals surface area contributed by atoms with E-state index in [0.717, 1.165) is 33.3 Å². The molecule has 5 aromatic rings. The Labute approximate surface area is 238 Å². The predicted octanol–water partition coefficient (Wildman–Crippen LogP) is 5.35. The number of carbonyl (C=O) groups is 1. The number of fused-ring (bicyclic) bond motifs is 1. The first-order valence-electron chi connectivity index (χ1n) is 13.8. The minimum atomic E-state index is -0.576. The van der Waals surface area contributed by atoms with Gasteiger partial charge in [0.1, 0.15) is 0 Å². The molecule has 0 saturated carbocycles. The lowest BCUT2D eigenvalue weighted by molar-refractivity contribution is -0.276. The van der Waals surface area contributed by atoms with Gasteiger partial charge in [-0.15, -0.1) is 0 Å². The largest absolute Gasteiger partial charge is 0.392 e. The van der Waals surface area contributed by atoms with Crippen molar-refractivity contribution in [3.05, 3.63) is 131 Å². The Kier molecular flexibility index (Phi) is 7.86. The van der Waals surface area contributed by atoms with Crippen molar-refractivity contribution in [3.63, 3.8) is 0 Å². The summed E-state index contributed by atoms with van der Waals surface area (Å²) in [5, 5.41) is 12.5. The smallest absolute Gasteiger partial charge is 0.253 e. The highest BCUT2D eigenvalue weighted by Crippen LogP contribution is 2.42. The fraction of sp³-hybridized carbons (Fsp3) is 0.242. The minimum absolute atomic E-state index is 0.00153. The first kappa shape index (κ1) is 26.8. The Balaban J connectivity index is 1.22. The van der Waals surface area contributed by atoms with Crippen LogP contribution in [0.15, 0.2) is 104 Å². The topological polar surface area (TPSA) is 98.5 Å². The highest BCUT2D eigenvalue weighted by Gasteiger charge is 2.38. The van der Waals surface area contributed by atoms with Crippen LogP contribution in [0.3, 0.4) is 0 Å². The van der Waals surface area contributed by atoms with E-state index < -0.39 is 6.29 Å². The van der Waals surface area contributed by atoms with Crippen molar-refractivity contribution in [1.82, 2.24) is 19.9 Å². The number of aromatic nitrogens is 3. The second-order valence-electron chi connectivity index (χ2n) is 10.4. The Hall–Kier alpha value is -4.37. The number of imidazole rings is 1. The Morgan fingerprint density at radius 2 is 1.68 bits per heavy atom. The standard InChI is InChI=1S/C33H32N4O4/c1-22-30(19-37-21-36-28-6-2-3-7-29(28)37)40-33(41-31(22)25-12-10-24(20-38)11-13-25)26-14-8-23(9-15-26)17-35-32(39)27-5-4-16-34-18-27/h2-16,18,21-22,30-31,33,38H,17,19-20H2,1H3,(H,35,39)/t22-,30+,31+,33+/m0/s1. The molecule has 1 fully saturated rings. The van der Waals surface area contributed by atoms with Crippen LogP contribution < -0.4 is 5.32 Å². The van der Waals surface area contributed by atoms with Crippen LogP contribution in [0.1, 0.15) is 51.9 Å². The zero-order valence-electron chi connectivity index (χ0n) is 22.8. The van der Waals surface area contributed by atoms with Gasteiger partial charge in [-0.2, -0.15) is 0 Å². The number of para-hydroxylation sites is 2. The number of rotatable bonds is 8. The molecule has 0 unspecified atom stereocenters. The predicted molar refractivity (Wildman–Crippen MR) is 155 cm³/mol. The van der Waals surface area contributed by atoms with Crippen molar-refractivity contribution in [2.24, 2.45) is 5.92 Å². The molecule has 0 spiro atoms. The molecular weight excluding hydrogens is 516 g/mol. The van der Waals surface area contributed by atoms with Crippen LogP contribution in [0, 0.1) is 5.92 Å². The fourth-order valence-corrected chi connectivity index (χ4v) is 5.25. The van der Waals surface area contributed by atoms with Gasteiger partial charge in [0.2, 0.25) is 0 Å². The first-order valence-corrected chi connectivity index (χ1v) is 13.8. The Morgan fingerprint density at radius 1 is 0.927 bits per heavy atom. The third-order valence-electron chi connectivity index (χ3n) is 7.66. The lowest BCUT2D eigenvalue weighted by Gasteiger charge is -2.41. The molecule has 0 radical (unpaired) electrons. The lowest BCUT2D eigenvalue weighted by atomic mass is 9.90. The molecule has 208 valence electrons. The number of ether oxygens (including phenoxy) is 2. The molecule has 0 bridgehead atoms. The Morgan fingerprint density at radius 3 is 2.44 bits per heavy atom. The number of nitrogens with zero attached hydrogens (tertiary/aromatic N) is 3. The van der Waals surface area contributed by atoms with Crippen molar-refractivity contribution in [2.45, 2.75) is 45.1 Å². The van der Waals surface area contributed by atoms with Crippen molar-refractivity contribution < 1.29 is 19.4 Å². The highest BCUT2D eigenvalue weighted by molar-refractivity contribution is 5.93. The molecule has 1 aliphatic heterocycles. The number of aliphatic hydroxyl groups is 1. The average molecular weight is 549 g/mol. The highest BCUT2D eigenvalue weighted by atomic mass is 16.7. The zero-order chi connectivity index (χ0) is 28.2. The number of hydrogen-bond donors (Lipinski definition) is 2. The number of benzene rings is 3. The number of aliphatic hydroxyl groups excluding tert-OH is 1. The molecule has 1 saturated heterocycles. The summed E-state index contributed by atoms with van der Waals surface area (Å²) in [6, 6.07) is 27.4. The molecule has 1 aliphatic rings. The van der Waals surface area contributed by atoms with Gasteiger partial charge in [0.25, 0.3) is 5.91 Å². The van der Waals surface area contributed by atoms with Gasteiger partial charge in [-0.25, -0.2) is 4.98 Å². The van der Waals surface area contributed by atoms with E-state index >= 15 is 0 Å². The summed E-state index contributed by atoms with van der Waals surface area (Å²) >= 11 is 0. The van der Waals surface area contributed by atoms with Crippen molar-refractivity contribution >= 4 is 16.9 Å². The third-order valence-corrected chi connectivity index (χ3v) is 7.66. The molecule has 3 aromatic carbocycles.